The van der Waals surface area contributed by atoms with Gasteiger partial charge in [-0.3, -0.25) is 0 Å². The molecule has 0 radical (unpaired) electrons. The first-order chi connectivity index (χ1) is 9.06. The van der Waals surface area contributed by atoms with Gasteiger partial charge in [0.05, 0.1) is 17.2 Å². The van der Waals surface area contributed by atoms with Crippen molar-refractivity contribution in [1.82, 2.24) is 19.7 Å². The van der Waals surface area contributed by atoms with E-state index in [1.165, 1.54) is 24.2 Å². The number of methoxy groups -OCH3 is 1. The van der Waals surface area contributed by atoms with Gasteiger partial charge >= 0.3 is 5.97 Å². The summed E-state index contributed by atoms with van der Waals surface area (Å²) in [6, 6.07) is 1.52. The number of halogens is 2. The molecular formula is C10H9Cl2N5O2. The molecule has 0 aliphatic heterocycles. The van der Waals surface area contributed by atoms with Gasteiger partial charge in [0.25, 0.3) is 5.82 Å². The Morgan fingerprint density at radius 2 is 2.16 bits per heavy atom. The van der Waals surface area contributed by atoms with Crippen LogP contribution in [0.25, 0.3) is 5.82 Å². The van der Waals surface area contributed by atoms with E-state index in [9.17, 15) is 4.79 Å². The maximum atomic E-state index is 11.3. The first-order valence-electron chi connectivity index (χ1n) is 5.11. The predicted octanol–water partition coefficient (Wildman–Crippen LogP) is 1.80. The molecule has 1 N–H and O–H groups in total. The topological polar surface area (TPSA) is 81.9 Å². The first-order valence-corrected chi connectivity index (χ1v) is 5.86. The minimum absolute atomic E-state index is 0.0821. The van der Waals surface area contributed by atoms with Gasteiger partial charge in [0.15, 0.2) is 5.82 Å². The lowest BCUT2D eigenvalue weighted by Gasteiger charge is -2.07. The van der Waals surface area contributed by atoms with Crippen LogP contribution in [0.15, 0.2) is 12.4 Å². The van der Waals surface area contributed by atoms with Crippen LogP contribution in [0.5, 0.6) is 0 Å². The SMILES string of the molecule is CNc1nc(-n2cnc(C(=O)OC)n2)c(Cl)cc1Cl. The zero-order chi connectivity index (χ0) is 14.0. The summed E-state index contributed by atoms with van der Waals surface area (Å²) >= 11 is 12.0. The highest BCUT2D eigenvalue weighted by molar-refractivity contribution is 6.36. The number of esters is 1. The van der Waals surface area contributed by atoms with E-state index in [1.54, 1.807) is 7.05 Å². The molecule has 0 atom stereocenters. The summed E-state index contributed by atoms with van der Waals surface area (Å²) in [6.45, 7) is 0. The second-order valence-electron chi connectivity index (χ2n) is 3.38. The number of carbonyl (C=O) groups is 1. The quantitative estimate of drug-likeness (QED) is 0.871. The summed E-state index contributed by atoms with van der Waals surface area (Å²) < 4.78 is 5.79. The van der Waals surface area contributed by atoms with Crippen LogP contribution >= 0.6 is 23.2 Å². The van der Waals surface area contributed by atoms with Crippen molar-refractivity contribution in [1.29, 1.82) is 0 Å². The van der Waals surface area contributed by atoms with Crippen molar-refractivity contribution < 1.29 is 9.53 Å². The molecule has 2 aromatic rings. The van der Waals surface area contributed by atoms with Crippen molar-refractivity contribution in [2.75, 3.05) is 19.5 Å². The second-order valence-corrected chi connectivity index (χ2v) is 4.19. The summed E-state index contributed by atoms with van der Waals surface area (Å²) in [7, 11) is 2.92. The van der Waals surface area contributed by atoms with Gasteiger partial charge in [0.2, 0.25) is 0 Å². The molecule has 0 saturated carbocycles. The third kappa shape index (κ3) is 2.61. The molecule has 0 fully saturated rings. The van der Waals surface area contributed by atoms with Gasteiger partial charge in [-0.25, -0.2) is 19.4 Å². The van der Waals surface area contributed by atoms with Crippen LogP contribution in [0.3, 0.4) is 0 Å². The zero-order valence-electron chi connectivity index (χ0n) is 10.0. The first kappa shape index (κ1) is 13.6. The largest absolute Gasteiger partial charge is 0.463 e. The Labute approximate surface area is 118 Å². The number of pyridine rings is 1. The van der Waals surface area contributed by atoms with E-state index in [2.05, 4.69) is 25.1 Å². The smallest absolute Gasteiger partial charge is 0.377 e. The van der Waals surface area contributed by atoms with E-state index in [0.717, 1.165) is 0 Å². The maximum Gasteiger partial charge on any atom is 0.377 e. The van der Waals surface area contributed by atoms with Gasteiger partial charge in [0, 0.05) is 7.05 Å². The summed E-state index contributed by atoms with van der Waals surface area (Å²) in [4.78, 5) is 19.3. The molecule has 0 amide bonds. The number of aromatic nitrogens is 4. The van der Waals surface area contributed by atoms with E-state index in [4.69, 9.17) is 23.2 Å². The Balaban J connectivity index is 2.47. The summed E-state index contributed by atoms with van der Waals surface area (Å²) in [5, 5.41) is 7.41. The van der Waals surface area contributed by atoms with Crippen LogP contribution in [-0.2, 0) is 4.74 Å². The number of nitrogens with zero attached hydrogens (tertiary/aromatic N) is 4. The maximum absolute atomic E-state index is 11.3. The Hall–Kier alpha value is -1.86. The number of carbonyl (C=O) groups excluding carboxylic acids is 1. The lowest BCUT2D eigenvalue weighted by Crippen LogP contribution is -2.07. The molecule has 9 heteroatoms. The van der Waals surface area contributed by atoms with Gasteiger partial charge in [-0.1, -0.05) is 23.2 Å². The van der Waals surface area contributed by atoms with Crippen LogP contribution in [-0.4, -0.2) is 39.9 Å². The average Bonchev–Trinajstić information content (AvgIpc) is 2.87. The molecule has 0 aliphatic carbocycles. The van der Waals surface area contributed by atoms with Crippen LogP contribution in [0, 0.1) is 0 Å². The fourth-order valence-corrected chi connectivity index (χ4v) is 1.88. The zero-order valence-corrected chi connectivity index (χ0v) is 11.5. The summed E-state index contributed by atoms with van der Waals surface area (Å²) in [5.41, 5.74) is 0. The van der Waals surface area contributed by atoms with Crippen molar-refractivity contribution in [3.63, 3.8) is 0 Å². The molecule has 0 unspecified atom stereocenters. The Kier molecular flexibility index (Phi) is 3.87. The molecule has 0 aliphatic rings. The number of hydrogen-bond donors (Lipinski definition) is 1. The number of rotatable bonds is 3. The van der Waals surface area contributed by atoms with Gasteiger partial charge in [-0.2, -0.15) is 0 Å². The van der Waals surface area contributed by atoms with Gasteiger partial charge in [-0.05, 0) is 6.07 Å². The molecule has 2 rings (SSSR count). The third-order valence-corrected chi connectivity index (χ3v) is 2.79. The average molecular weight is 302 g/mol. The van der Waals surface area contributed by atoms with Crippen LogP contribution in [0.2, 0.25) is 10.0 Å². The lowest BCUT2D eigenvalue weighted by atomic mass is 10.4. The second kappa shape index (κ2) is 5.41. The molecule has 7 nitrogen and oxygen atoms in total. The normalized spacial score (nSPS) is 10.3. The van der Waals surface area contributed by atoms with Crippen LogP contribution in [0.1, 0.15) is 10.6 Å². The molecule has 0 saturated heterocycles. The van der Waals surface area contributed by atoms with Gasteiger partial charge in [0.1, 0.15) is 12.1 Å². The lowest BCUT2D eigenvalue weighted by molar-refractivity contribution is 0.0587. The molecule has 0 bridgehead atoms. The Bertz CT molecular complexity index is 628. The fraction of sp³-hybridized carbons (Fsp3) is 0.200. The number of ether oxygens (including phenoxy) is 1. The van der Waals surface area contributed by atoms with Crippen molar-refractivity contribution in [3.8, 4) is 5.82 Å². The van der Waals surface area contributed by atoms with E-state index in [-0.39, 0.29) is 10.8 Å². The highest BCUT2D eigenvalue weighted by atomic mass is 35.5. The predicted molar refractivity (Wildman–Crippen MR) is 70.1 cm³/mol. The molecule has 100 valence electrons. The monoisotopic (exact) mass is 301 g/mol. The summed E-state index contributed by atoms with van der Waals surface area (Å²) in [6.07, 6.45) is 1.31. The molecule has 0 aromatic carbocycles. The minimum atomic E-state index is -0.641. The number of hydrogen-bond acceptors (Lipinski definition) is 6. The molecular weight excluding hydrogens is 293 g/mol. The summed E-state index contributed by atoms with van der Waals surface area (Å²) in [5.74, 6) is 0.0215. The van der Waals surface area contributed by atoms with E-state index < -0.39 is 5.97 Å². The van der Waals surface area contributed by atoms with Crippen molar-refractivity contribution in [2.24, 2.45) is 0 Å². The van der Waals surface area contributed by atoms with E-state index >= 15 is 0 Å². The molecule has 2 aromatic heterocycles. The van der Waals surface area contributed by atoms with E-state index in [0.29, 0.717) is 16.7 Å². The Morgan fingerprint density at radius 3 is 2.79 bits per heavy atom. The van der Waals surface area contributed by atoms with Gasteiger partial charge < -0.3 is 10.1 Å². The van der Waals surface area contributed by atoms with Crippen molar-refractivity contribution in [2.45, 2.75) is 0 Å². The third-order valence-electron chi connectivity index (χ3n) is 2.22. The molecule has 19 heavy (non-hydrogen) atoms. The fourth-order valence-electron chi connectivity index (χ4n) is 1.34. The minimum Gasteiger partial charge on any atom is -0.463 e. The Morgan fingerprint density at radius 1 is 1.42 bits per heavy atom. The van der Waals surface area contributed by atoms with Crippen molar-refractivity contribution >= 4 is 35.0 Å². The van der Waals surface area contributed by atoms with Crippen LogP contribution in [0.4, 0.5) is 5.82 Å². The van der Waals surface area contributed by atoms with Gasteiger partial charge in [-0.15, -0.1) is 5.10 Å². The standard InChI is InChI=1S/C10H9Cl2N5O2/c1-13-7-5(11)3-6(12)9(15-7)17-4-14-8(16-17)10(18)19-2/h3-4H,1-2H3,(H,13,15). The molecule has 2 heterocycles. The number of nitrogens with one attached hydrogen (secondary N) is 1. The van der Waals surface area contributed by atoms with E-state index in [1.807, 2.05) is 0 Å². The van der Waals surface area contributed by atoms with Crippen molar-refractivity contribution in [3.05, 3.63) is 28.3 Å². The highest BCUT2D eigenvalue weighted by Crippen LogP contribution is 2.27. The molecule has 0 spiro atoms. The highest BCUT2D eigenvalue weighted by Gasteiger charge is 2.15. The van der Waals surface area contributed by atoms with Crippen LogP contribution < -0.4 is 5.32 Å². The number of anilines is 1.